The van der Waals surface area contributed by atoms with E-state index in [4.69, 9.17) is 4.74 Å². The fourth-order valence-electron chi connectivity index (χ4n) is 2.11. The van der Waals surface area contributed by atoms with Crippen molar-refractivity contribution in [2.75, 3.05) is 7.11 Å². The summed E-state index contributed by atoms with van der Waals surface area (Å²) < 4.78 is 6.93. The van der Waals surface area contributed by atoms with E-state index in [1.165, 1.54) is 0 Å². The van der Waals surface area contributed by atoms with E-state index in [-0.39, 0.29) is 0 Å². The normalized spacial score (nSPS) is 12.6. The smallest absolute Gasteiger partial charge is 0.121 e. The highest BCUT2D eigenvalue weighted by Gasteiger charge is 2.14. The lowest BCUT2D eigenvalue weighted by Crippen LogP contribution is -2.10. The van der Waals surface area contributed by atoms with E-state index in [0.29, 0.717) is 6.61 Å². The molecule has 4 nitrogen and oxygen atoms in total. The van der Waals surface area contributed by atoms with Crippen LogP contribution in [-0.2, 0) is 17.9 Å². The topological polar surface area (TPSA) is 47.3 Å². The molecule has 19 heavy (non-hydrogen) atoms. The Kier molecular flexibility index (Phi) is 4.71. The molecule has 2 rings (SSSR count). The molecular formula is C15H20N2O2. The number of benzene rings is 1. The van der Waals surface area contributed by atoms with Crippen LogP contribution in [0.25, 0.3) is 0 Å². The molecule has 0 fully saturated rings. The van der Waals surface area contributed by atoms with Crippen molar-refractivity contribution < 1.29 is 9.84 Å². The first-order valence-electron chi connectivity index (χ1n) is 6.53. The van der Waals surface area contributed by atoms with E-state index < -0.39 is 6.10 Å². The number of ether oxygens (including phenoxy) is 1. The molecule has 1 heterocycles. The molecule has 0 amide bonds. The minimum atomic E-state index is -0.634. The van der Waals surface area contributed by atoms with Crippen LogP contribution in [0, 0.1) is 0 Å². The zero-order valence-electron chi connectivity index (χ0n) is 11.4. The zero-order chi connectivity index (χ0) is 13.7. The summed E-state index contributed by atoms with van der Waals surface area (Å²) in [6, 6.07) is 9.68. The standard InChI is InChI=1S/C15H20N2O2/c1-3-10-17-14(8-9-16-17)15(18)13-6-4-12(5-7-13)11-19-2/h4-9,15,18H,3,10-11H2,1-2H3. The number of rotatable bonds is 6. The van der Waals surface area contributed by atoms with E-state index in [1.54, 1.807) is 13.3 Å². The Morgan fingerprint density at radius 2 is 2.00 bits per heavy atom. The van der Waals surface area contributed by atoms with Crippen LogP contribution in [0.3, 0.4) is 0 Å². The Morgan fingerprint density at radius 1 is 1.26 bits per heavy atom. The van der Waals surface area contributed by atoms with Gasteiger partial charge in [0.15, 0.2) is 0 Å². The molecule has 4 heteroatoms. The van der Waals surface area contributed by atoms with E-state index in [1.807, 2.05) is 35.0 Å². The summed E-state index contributed by atoms with van der Waals surface area (Å²) in [6.07, 6.45) is 2.09. The van der Waals surface area contributed by atoms with Crippen LogP contribution in [0.4, 0.5) is 0 Å². The number of methoxy groups -OCH3 is 1. The predicted octanol–water partition coefficient (Wildman–Crippen LogP) is 2.52. The second kappa shape index (κ2) is 6.50. The molecule has 102 valence electrons. The molecule has 0 saturated carbocycles. The van der Waals surface area contributed by atoms with E-state index in [2.05, 4.69) is 12.0 Å². The largest absolute Gasteiger partial charge is 0.382 e. The second-order valence-electron chi connectivity index (χ2n) is 4.56. The highest BCUT2D eigenvalue weighted by atomic mass is 16.5. The molecule has 0 saturated heterocycles. The van der Waals surface area contributed by atoms with Crippen molar-refractivity contribution in [1.82, 2.24) is 9.78 Å². The average Bonchev–Trinajstić information content (AvgIpc) is 2.88. The maximum atomic E-state index is 10.4. The molecule has 1 N–H and O–H groups in total. The molecule has 1 atom stereocenters. The number of aliphatic hydroxyl groups excluding tert-OH is 1. The molecule has 0 spiro atoms. The van der Waals surface area contributed by atoms with Gasteiger partial charge in [-0.15, -0.1) is 0 Å². The minimum Gasteiger partial charge on any atom is -0.382 e. The third kappa shape index (κ3) is 3.22. The molecule has 0 aliphatic heterocycles. The average molecular weight is 260 g/mol. The number of aliphatic hydroxyl groups is 1. The molecule has 0 bridgehead atoms. The molecule has 0 aliphatic rings. The SMILES string of the molecule is CCCn1nccc1C(O)c1ccc(COC)cc1. The summed E-state index contributed by atoms with van der Waals surface area (Å²) in [5.41, 5.74) is 2.81. The second-order valence-corrected chi connectivity index (χ2v) is 4.56. The first kappa shape index (κ1) is 13.8. The maximum Gasteiger partial charge on any atom is 0.121 e. The van der Waals surface area contributed by atoms with Gasteiger partial charge < -0.3 is 9.84 Å². The van der Waals surface area contributed by atoms with Crippen molar-refractivity contribution in [3.63, 3.8) is 0 Å². The highest BCUT2D eigenvalue weighted by molar-refractivity contribution is 5.28. The lowest BCUT2D eigenvalue weighted by molar-refractivity contribution is 0.184. The van der Waals surface area contributed by atoms with Gasteiger partial charge in [-0.05, 0) is 23.6 Å². The van der Waals surface area contributed by atoms with Gasteiger partial charge in [-0.3, -0.25) is 4.68 Å². The van der Waals surface area contributed by atoms with Gasteiger partial charge in [0, 0.05) is 19.9 Å². The number of aromatic nitrogens is 2. The Morgan fingerprint density at radius 3 is 2.63 bits per heavy atom. The molecule has 2 aromatic rings. The van der Waals surface area contributed by atoms with E-state index in [9.17, 15) is 5.11 Å². The first-order valence-corrected chi connectivity index (χ1v) is 6.53. The first-order chi connectivity index (χ1) is 9.26. The van der Waals surface area contributed by atoms with E-state index in [0.717, 1.165) is 29.8 Å². The Balaban J connectivity index is 2.18. The fourth-order valence-corrected chi connectivity index (χ4v) is 2.11. The molecule has 1 aromatic carbocycles. The van der Waals surface area contributed by atoms with Crippen LogP contribution in [0.15, 0.2) is 36.5 Å². The van der Waals surface area contributed by atoms with Crippen LogP contribution in [0.1, 0.15) is 36.3 Å². The zero-order valence-corrected chi connectivity index (χ0v) is 11.4. The van der Waals surface area contributed by atoms with Crippen molar-refractivity contribution in [3.8, 4) is 0 Å². The van der Waals surface area contributed by atoms with Gasteiger partial charge in [-0.25, -0.2) is 0 Å². The summed E-state index contributed by atoms with van der Waals surface area (Å²) in [5.74, 6) is 0. The number of hydrogen-bond acceptors (Lipinski definition) is 3. The molecule has 1 unspecified atom stereocenters. The quantitative estimate of drug-likeness (QED) is 0.868. The summed E-state index contributed by atoms with van der Waals surface area (Å²) in [5, 5.41) is 14.7. The van der Waals surface area contributed by atoms with Gasteiger partial charge in [0.1, 0.15) is 6.10 Å². The fraction of sp³-hybridized carbons (Fsp3) is 0.400. The van der Waals surface area contributed by atoms with Crippen molar-refractivity contribution in [3.05, 3.63) is 53.3 Å². The molecular weight excluding hydrogens is 240 g/mol. The highest BCUT2D eigenvalue weighted by Crippen LogP contribution is 2.22. The summed E-state index contributed by atoms with van der Waals surface area (Å²) >= 11 is 0. The molecule has 1 aromatic heterocycles. The van der Waals surface area contributed by atoms with Gasteiger partial charge in [-0.1, -0.05) is 31.2 Å². The Hall–Kier alpha value is -1.65. The summed E-state index contributed by atoms with van der Waals surface area (Å²) in [4.78, 5) is 0. The number of hydrogen-bond donors (Lipinski definition) is 1. The van der Waals surface area contributed by atoms with Crippen molar-refractivity contribution in [2.24, 2.45) is 0 Å². The van der Waals surface area contributed by atoms with Crippen LogP contribution < -0.4 is 0 Å². The van der Waals surface area contributed by atoms with Crippen LogP contribution in [-0.4, -0.2) is 22.0 Å². The Bertz CT molecular complexity index is 505. The van der Waals surface area contributed by atoms with Gasteiger partial charge in [0.05, 0.1) is 12.3 Å². The third-order valence-electron chi connectivity index (χ3n) is 3.07. The lowest BCUT2D eigenvalue weighted by Gasteiger charge is -2.14. The van der Waals surface area contributed by atoms with Crippen molar-refractivity contribution in [2.45, 2.75) is 32.6 Å². The van der Waals surface area contributed by atoms with Crippen LogP contribution in [0.2, 0.25) is 0 Å². The van der Waals surface area contributed by atoms with Gasteiger partial charge in [0.2, 0.25) is 0 Å². The minimum absolute atomic E-state index is 0.587. The van der Waals surface area contributed by atoms with E-state index >= 15 is 0 Å². The molecule has 0 radical (unpaired) electrons. The maximum absolute atomic E-state index is 10.4. The number of nitrogens with zero attached hydrogens (tertiary/aromatic N) is 2. The van der Waals surface area contributed by atoms with Gasteiger partial charge in [0.25, 0.3) is 0 Å². The van der Waals surface area contributed by atoms with Gasteiger partial charge in [-0.2, -0.15) is 5.10 Å². The lowest BCUT2D eigenvalue weighted by atomic mass is 10.0. The summed E-state index contributed by atoms with van der Waals surface area (Å²) in [7, 11) is 1.67. The van der Waals surface area contributed by atoms with Crippen molar-refractivity contribution in [1.29, 1.82) is 0 Å². The third-order valence-corrected chi connectivity index (χ3v) is 3.07. The van der Waals surface area contributed by atoms with Gasteiger partial charge >= 0.3 is 0 Å². The molecule has 0 aliphatic carbocycles. The Labute approximate surface area is 113 Å². The number of aryl methyl sites for hydroxylation is 1. The predicted molar refractivity (Wildman–Crippen MR) is 73.7 cm³/mol. The van der Waals surface area contributed by atoms with Crippen molar-refractivity contribution >= 4 is 0 Å². The van der Waals surface area contributed by atoms with Crippen LogP contribution in [0.5, 0.6) is 0 Å². The monoisotopic (exact) mass is 260 g/mol. The van der Waals surface area contributed by atoms with Crippen LogP contribution >= 0.6 is 0 Å². The summed E-state index contributed by atoms with van der Waals surface area (Å²) in [6.45, 7) is 3.50.